The van der Waals surface area contributed by atoms with Crippen molar-refractivity contribution in [3.05, 3.63) is 16.6 Å². The van der Waals surface area contributed by atoms with Gasteiger partial charge < -0.3 is 10.0 Å². The first-order valence-electron chi connectivity index (χ1n) is 4.74. The normalized spacial score (nSPS) is 11.2. The molecule has 0 fully saturated rings. The molecule has 1 aromatic heterocycles. The molecule has 5 nitrogen and oxygen atoms in total. The highest BCUT2D eigenvalue weighted by molar-refractivity contribution is 7.07. The van der Waals surface area contributed by atoms with Gasteiger partial charge in [0.15, 0.2) is 0 Å². The summed E-state index contributed by atoms with van der Waals surface area (Å²) in [6.45, 7) is 5.06. The number of thiazole rings is 1. The van der Waals surface area contributed by atoms with Gasteiger partial charge in [-0.1, -0.05) is 0 Å². The second-order valence-corrected chi connectivity index (χ2v) is 5.05. The Balaban J connectivity index is 2.94. The van der Waals surface area contributed by atoms with Crippen molar-refractivity contribution in [2.75, 3.05) is 6.54 Å². The van der Waals surface area contributed by atoms with Crippen molar-refractivity contribution >= 4 is 23.2 Å². The minimum absolute atomic E-state index is 0.293. The van der Waals surface area contributed by atoms with Crippen LogP contribution in [0.2, 0.25) is 0 Å². The zero-order valence-electron chi connectivity index (χ0n) is 9.43. The van der Waals surface area contributed by atoms with E-state index in [1.165, 1.54) is 16.2 Å². The number of carboxylic acids is 1. The summed E-state index contributed by atoms with van der Waals surface area (Å²) in [5.74, 6) is -1.38. The molecular weight excluding hydrogens is 228 g/mol. The first-order valence-corrected chi connectivity index (χ1v) is 5.68. The highest BCUT2D eigenvalue weighted by Crippen LogP contribution is 2.17. The molecule has 16 heavy (non-hydrogen) atoms. The second-order valence-electron chi connectivity index (χ2n) is 4.33. The monoisotopic (exact) mass is 242 g/mol. The van der Waals surface area contributed by atoms with Gasteiger partial charge in [0.1, 0.15) is 12.2 Å². The minimum atomic E-state index is -1.03. The molecule has 0 spiro atoms. The topological polar surface area (TPSA) is 70.5 Å². The summed E-state index contributed by atoms with van der Waals surface area (Å²) < 4.78 is 0. The Labute approximate surface area is 97.7 Å². The van der Waals surface area contributed by atoms with Gasteiger partial charge in [0.05, 0.1) is 5.51 Å². The summed E-state index contributed by atoms with van der Waals surface area (Å²) in [7, 11) is 0. The van der Waals surface area contributed by atoms with Gasteiger partial charge in [-0.3, -0.25) is 9.59 Å². The zero-order chi connectivity index (χ0) is 12.3. The molecule has 0 bridgehead atoms. The van der Waals surface area contributed by atoms with Gasteiger partial charge in [0, 0.05) is 10.9 Å². The lowest BCUT2D eigenvalue weighted by Crippen LogP contribution is -2.48. The first kappa shape index (κ1) is 12.6. The third-order valence-electron chi connectivity index (χ3n) is 2.00. The van der Waals surface area contributed by atoms with E-state index in [1.807, 2.05) is 0 Å². The number of hydrogen-bond acceptors (Lipinski definition) is 4. The molecule has 0 saturated carbocycles. The number of amides is 1. The molecule has 1 rings (SSSR count). The van der Waals surface area contributed by atoms with Crippen LogP contribution in [0, 0.1) is 0 Å². The van der Waals surface area contributed by atoms with Crippen molar-refractivity contribution in [3.63, 3.8) is 0 Å². The van der Waals surface area contributed by atoms with E-state index in [9.17, 15) is 9.59 Å². The lowest BCUT2D eigenvalue weighted by atomic mass is 10.1. The molecule has 1 heterocycles. The summed E-state index contributed by atoms with van der Waals surface area (Å²) >= 11 is 1.31. The van der Waals surface area contributed by atoms with Gasteiger partial charge in [-0.15, -0.1) is 11.3 Å². The fraction of sp³-hybridized carbons (Fsp3) is 0.500. The van der Waals surface area contributed by atoms with E-state index < -0.39 is 11.5 Å². The maximum absolute atomic E-state index is 12.0. The molecule has 0 radical (unpaired) electrons. The van der Waals surface area contributed by atoms with Gasteiger partial charge in [0.2, 0.25) is 0 Å². The Kier molecular flexibility index (Phi) is 3.64. The molecule has 0 aliphatic carbocycles. The van der Waals surface area contributed by atoms with E-state index in [2.05, 4.69) is 4.98 Å². The standard InChI is InChI=1S/C10H14N2O3S/c1-10(2,3)12(4-8(13)14)9(15)7-5-16-6-11-7/h5-6H,4H2,1-3H3,(H,13,14). The Morgan fingerprint density at radius 3 is 2.50 bits per heavy atom. The lowest BCUT2D eigenvalue weighted by Gasteiger charge is -2.33. The van der Waals surface area contributed by atoms with Crippen LogP contribution >= 0.6 is 11.3 Å². The van der Waals surface area contributed by atoms with Gasteiger partial charge in [-0.2, -0.15) is 0 Å². The maximum atomic E-state index is 12.0. The zero-order valence-corrected chi connectivity index (χ0v) is 10.2. The highest BCUT2D eigenvalue weighted by Gasteiger charge is 2.29. The van der Waals surface area contributed by atoms with E-state index >= 15 is 0 Å². The molecular formula is C10H14N2O3S. The number of carboxylic acid groups (broad SMARTS) is 1. The number of aliphatic carboxylic acids is 1. The SMILES string of the molecule is CC(C)(C)N(CC(=O)O)C(=O)c1cscn1. The predicted molar refractivity (Wildman–Crippen MR) is 60.5 cm³/mol. The average Bonchev–Trinajstić information content (AvgIpc) is 2.63. The molecule has 0 aromatic carbocycles. The fourth-order valence-electron chi connectivity index (χ4n) is 1.21. The molecule has 0 aliphatic heterocycles. The third-order valence-corrected chi connectivity index (χ3v) is 2.59. The summed E-state index contributed by atoms with van der Waals surface area (Å²) in [6.07, 6.45) is 0. The van der Waals surface area contributed by atoms with Gasteiger partial charge in [0.25, 0.3) is 5.91 Å². The van der Waals surface area contributed by atoms with E-state index in [1.54, 1.807) is 31.7 Å². The molecule has 0 saturated heterocycles. The van der Waals surface area contributed by atoms with Crippen LogP contribution in [0.15, 0.2) is 10.9 Å². The summed E-state index contributed by atoms with van der Waals surface area (Å²) in [6, 6.07) is 0. The average molecular weight is 242 g/mol. The Hall–Kier alpha value is -1.43. The molecule has 1 aromatic rings. The molecule has 0 aliphatic rings. The molecule has 1 N–H and O–H groups in total. The fourth-order valence-corrected chi connectivity index (χ4v) is 1.73. The van der Waals surface area contributed by atoms with E-state index in [0.717, 1.165) is 0 Å². The lowest BCUT2D eigenvalue weighted by molar-refractivity contribution is -0.138. The molecule has 88 valence electrons. The van der Waals surface area contributed by atoms with Crippen molar-refractivity contribution in [2.24, 2.45) is 0 Å². The van der Waals surface area contributed by atoms with E-state index in [4.69, 9.17) is 5.11 Å². The van der Waals surface area contributed by atoms with Crippen molar-refractivity contribution in [3.8, 4) is 0 Å². The second kappa shape index (κ2) is 4.61. The minimum Gasteiger partial charge on any atom is -0.480 e. The number of aromatic nitrogens is 1. The predicted octanol–water partition coefficient (Wildman–Crippen LogP) is 1.47. The smallest absolute Gasteiger partial charge is 0.323 e. The van der Waals surface area contributed by atoms with Crippen molar-refractivity contribution < 1.29 is 14.7 Å². The van der Waals surface area contributed by atoms with Crippen LogP contribution in [0.1, 0.15) is 31.3 Å². The van der Waals surface area contributed by atoms with Crippen molar-refractivity contribution in [1.82, 2.24) is 9.88 Å². The number of nitrogens with zero attached hydrogens (tertiary/aromatic N) is 2. The summed E-state index contributed by atoms with van der Waals surface area (Å²) in [5, 5.41) is 10.4. The van der Waals surface area contributed by atoms with Crippen LogP contribution in [0.3, 0.4) is 0 Å². The molecule has 0 unspecified atom stereocenters. The largest absolute Gasteiger partial charge is 0.480 e. The van der Waals surface area contributed by atoms with Crippen LogP contribution in [0.4, 0.5) is 0 Å². The van der Waals surface area contributed by atoms with Crippen LogP contribution in [0.25, 0.3) is 0 Å². The first-order chi connectivity index (χ1) is 7.32. The number of hydrogen-bond donors (Lipinski definition) is 1. The number of carbonyl (C=O) groups is 2. The quantitative estimate of drug-likeness (QED) is 0.871. The van der Waals surface area contributed by atoms with Gasteiger partial charge in [-0.05, 0) is 20.8 Å². The van der Waals surface area contributed by atoms with Crippen molar-refractivity contribution in [2.45, 2.75) is 26.3 Å². The van der Waals surface area contributed by atoms with Crippen LogP contribution in [0.5, 0.6) is 0 Å². The molecule has 1 amide bonds. The van der Waals surface area contributed by atoms with E-state index in [0.29, 0.717) is 5.69 Å². The van der Waals surface area contributed by atoms with Crippen LogP contribution in [-0.4, -0.2) is 39.0 Å². The molecule has 6 heteroatoms. The summed E-state index contributed by atoms with van der Waals surface area (Å²) in [4.78, 5) is 27.9. The Morgan fingerprint density at radius 2 is 2.12 bits per heavy atom. The van der Waals surface area contributed by atoms with Crippen molar-refractivity contribution in [1.29, 1.82) is 0 Å². The number of carbonyl (C=O) groups excluding carboxylic acids is 1. The van der Waals surface area contributed by atoms with Crippen LogP contribution in [-0.2, 0) is 4.79 Å². The van der Waals surface area contributed by atoms with Crippen LogP contribution < -0.4 is 0 Å². The summed E-state index contributed by atoms with van der Waals surface area (Å²) in [5.41, 5.74) is 1.30. The van der Waals surface area contributed by atoms with Gasteiger partial charge in [-0.25, -0.2) is 4.98 Å². The Bertz CT molecular complexity index is 381. The maximum Gasteiger partial charge on any atom is 0.323 e. The van der Waals surface area contributed by atoms with E-state index in [-0.39, 0.29) is 12.5 Å². The highest BCUT2D eigenvalue weighted by atomic mass is 32.1. The Morgan fingerprint density at radius 1 is 1.50 bits per heavy atom. The van der Waals surface area contributed by atoms with Gasteiger partial charge >= 0.3 is 5.97 Å². The number of rotatable bonds is 3. The molecule has 0 atom stereocenters. The third kappa shape index (κ3) is 3.03.